The lowest BCUT2D eigenvalue weighted by molar-refractivity contribution is 0.510. The van der Waals surface area contributed by atoms with Crippen LogP contribution < -0.4 is 5.32 Å². The molecule has 0 saturated carbocycles. The fourth-order valence-electron chi connectivity index (χ4n) is 2.81. The summed E-state index contributed by atoms with van der Waals surface area (Å²) in [7, 11) is 1.92. The van der Waals surface area contributed by atoms with Crippen molar-refractivity contribution in [1.82, 2.24) is 29.5 Å². The average Bonchev–Trinajstić information content (AvgIpc) is 3.14. The molecule has 3 aromatic heterocycles. The van der Waals surface area contributed by atoms with Crippen LogP contribution in [-0.4, -0.2) is 29.5 Å². The summed E-state index contributed by atoms with van der Waals surface area (Å²) in [5, 5.41) is 17.2. The number of hydrogen-bond donors (Lipinski definition) is 1. The SMILES string of the molecule is Cc1nn(C)c2nc(NCc3nnc4n3CCCC4)sc12. The summed E-state index contributed by atoms with van der Waals surface area (Å²) in [6.45, 7) is 3.71. The van der Waals surface area contributed by atoms with Crippen molar-refractivity contribution >= 4 is 26.8 Å². The van der Waals surface area contributed by atoms with E-state index in [1.807, 2.05) is 18.7 Å². The van der Waals surface area contributed by atoms with Crippen LogP contribution in [0.3, 0.4) is 0 Å². The molecule has 1 N–H and O–H groups in total. The summed E-state index contributed by atoms with van der Waals surface area (Å²) in [6.07, 6.45) is 3.47. The molecule has 7 nitrogen and oxygen atoms in total. The van der Waals surface area contributed by atoms with Gasteiger partial charge in [-0.2, -0.15) is 5.10 Å². The first-order chi connectivity index (χ1) is 10.2. The van der Waals surface area contributed by atoms with Crippen molar-refractivity contribution in [2.24, 2.45) is 7.05 Å². The van der Waals surface area contributed by atoms with Gasteiger partial charge in [-0.1, -0.05) is 11.3 Å². The van der Waals surface area contributed by atoms with Crippen molar-refractivity contribution in [2.45, 2.75) is 39.3 Å². The van der Waals surface area contributed by atoms with E-state index in [2.05, 4.69) is 30.2 Å². The topological polar surface area (TPSA) is 73.5 Å². The van der Waals surface area contributed by atoms with Gasteiger partial charge in [0.25, 0.3) is 0 Å². The summed E-state index contributed by atoms with van der Waals surface area (Å²) in [5.41, 5.74) is 1.96. The predicted octanol–water partition coefficient (Wildman–Crippen LogP) is 1.88. The third-order valence-corrected chi connectivity index (χ3v) is 4.99. The molecule has 4 rings (SSSR count). The summed E-state index contributed by atoms with van der Waals surface area (Å²) in [5.74, 6) is 2.11. The third kappa shape index (κ3) is 2.10. The maximum absolute atomic E-state index is 4.60. The predicted molar refractivity (Wildman–Crippen MR) is 81.4 cm³/mol. The molecule has 0 unspecified atom stereocenters. The maximum Gasteiger partial charge on any atom is 0.185 e. The number of nitrogens with zero attached hydrogens (tertiary/aromatic N) is 6. The van der Waals surface area contributed by atoms with Gasteiger partial charge >= 0.3 is 0 Å². The van der Waals surface area contributed by atoms with Crippen molar-refractivity contribution in [1.29, 1.82) is 0 Å². The Morgan fingerprint density at radius 3 is 3.05 bits per heavy atom. The standard InChI is InChI=1S/C13H17N7S/c1-8-11-12(19(2)18-8)15-13(21-11)14-7-10-17-16-9-5-3-4-6-20(9)10/h3-7H2,1-2H3,(H,14,15). The van der Waals surface area contributed by atoms with Crippen LogP contribution >= 0.6 is 11.3 Å². The number of thiazole rings is 1. The van der Waals surface area contributed by atoms with E-state index >= 15 is 0 Å². The van der Waals surface area contributed by atoms with Crippen LogP contribution in [0, 0.1) is 6.92 Å². The maximum atomic E-state index is 4.60. The average molecular weight is 303 g/mol. The highest BCUT2D eigenvalue weighted by molar-refractivity contribution is 7.22. The van der Waals surface area contributed by atoms with Crippen molar-refractivity contribution in [2.75, 3.05) is 5.32 Å². The van der Waals surface area contributed by atoms with Gasteiger partial charge in [-0.3, -0.25) is 0 Å². The highest BCUT2D eigenvalue weighted by Gasteiger charge is 2.16. The largest absolute Gasteiger partial charge is 0.354 e. The van der Waals surface area contributed by atoms with Crippen LogP contribution in [0.1, 0.15) is 30.2 Å². The summed E-state index contributed by atoms with van der Waals surface area (Å²) in [4.78, 5) is 4.60. The number of fused-ring (bicyclic) bond motifs is 2. The smallest absolute Gasteiger partial charge is 0.185 e. The fraction of sp³-hybridized carbons (Fsp3) is 0.538. The van der Waals surface area contributed by atoms with E-state index in [9.17, 15) is 0 Å². The first-order valence-electron chi connectivity index (χ1n) is 7.17. The second-order valence-electron chi connectivity index (χ2n) is 5.38. The molecule has 110 valence electrons. The molecular formula is C13H17N7S. The number of anilines is 1. The number of rotatable bonds is 3. The Hall–Kier alpha value is -1.96. The first-order valence-corrected chi connectivity index (χ1v) is 7.99. The Bertz CT molecular complexity index is 763. The molecular weight excluding hydrogens is 286 g/mol. The zero-order valence-corrected chi connectivity index (χ0v) is 12.9. The second-order valence-corrected chi connectivity index (χ2v) is 6.37. The summed E-state index contributed by atoms with van der Waals surface area (Å²) < 4.78 is 5.20. The quantitative estimate of drug-likeness (QED) is 0.799. The van der Waals surface area contributed by atoms with Crippen molar-refractivity contribution in [3.63, 3.8) is 0 Å². The van der Waals surface area contributed by atoms with E-state index in [1.54, 1.807) is 11.3 Å². The molecule has 1 aliphatic rings. The number of hydrogen-bond acceptors (Lipinski definition) is 6. The summed E-state index contributed by atoms with van der Waals surface area (Å²) in [6, 6.07) is 0. The summed E-state index contributed by atoms with van der Waals surface area (Å²) >= 11 is 1.64. The van der Waals surface area contributed by atoms with Crippen molar-refractivity contribution in [3.8, 4) is 0 Å². The Morgan fingerprint density at radius 2 is 2.19 bits per heavy atom. The molecule has 0 bridgehead atoms. The van der Waals surface area contributed by atoms with Crippen LogP contribution in [0.5, 0.6) is 0 Å². The lowest BCUT2D eigenvalue weighted by atomic mass is 10.2. The minimum absolute atomic E-state index is 0.666. The normalized spacial score (nSPS) is 14.6. The van der Waals surface area contributed by atoms with Gasteiger partial charge in [0.1, 0.15) is 5.82 Å². The Labute approximate surface area is 126 Å². The Kier molecular flexibility index (Phi) is 2.91. The van der Waals surface area contributed by atoms with Gasteiger partial charge in [0.2, 0.25) is 0 Å². The van der Waals surface area contributed by atoms with Crippen LogP contribution in [0.15, 0.2) is 0 Å². The van der Waals surface area contributed by atoms with Gasteiger partial charge < -0.3 is 9.88 Å². The van der Waals surface area contributed by atoms with E-state index in [4.69, 9.17) is 0 Å². The molecule has 0 fully saturated rings. The molecule has 0 saturated heterocycles. The lowest BCUT2D eigenvalue weighted by Gasteiger charge is -2.14. The monoisotopic (exact) mass is 303 g/mol. The zero-order chi connectivity index (χ0) is 14.4. The van der Waals surface area contributed by atoms with Crippen LogP contribution in [-0.2, 0) is 26.6 Å². The highest BCUT2D eigenvalue weighted by atomic mass is 32.1. The van der Waals surface area contributed by atoms with Gasteiger partial charge in [-0.05, 0) is 19.8 Å². The van der Waals surface area contributed by atoms with E-state index < -0.39 is 0 Å². The zero-order valence-electron chi connectivity index (χ0n) is 12.1. The molecule has 3 aromatic rings. The van der Waals surface area contributed by atoms with Gasteiger partial charge in [0, 0.05) is 20.0 Å². The van der Waals surface area contributed by atoms with Crippen LogP contribution in [0.4, 0.5) is 5.13 Å². The molecule has 4 heterocycles. The number of aryl methyl sites for hydroxylation is 3. The van der Waals surface area contributed by atoms with E-state index in [0.717, 1.165) is 45.8 Å². The second kappa shape index (κ2) is 4.80. The van der Waals surface area contributed by atoms with Crippen LogP contribution in [0.25, 0.3) is 10.3 Å². The minimum atomic E-state index is 0.666. The minimum Gasteiger partial charge on any atom is -0.354 e. The molecule has 0 atom stereocenters. The molecule has 0 spiro atoms. The van der Waals surface area contributed by atoms with Crippen molar-refractivity contribution < 1.29 is 0 Å². The van der Waals surface area contributed by atoms with Gasteiger partial charge in [-0.25, -0.2) is 9.67 Å². The highest BCUT2D eigenvalue weighted by Crippen LogP contribution is 2.28. The Balaban J connectivity index is 1.55. The first kappa shape index (κ1) is 12.8. The van der Waals surface area contributed by atoms with Gasteiger partial charge in [0.05, 0.1) is 16.9 Å². The third-order valence-electron chi connectivity index (χ3n) is 3.88. The van der Waals surface area contributed by atoms with Crippen molar-refractivity contribution in [3.05, 3.63) is 17.3 Å². The van der Waals surface area contributed by atoms with Gasteiger partial charge in [-0.15, -0.1) is 10.2 Å². The molecule has 1 aliphatic heterocycles. The molecule has 0 radical (unpaired) electrons. The van der Waals surface area contributed by atoms with Crippen LogP contribution in [0.2, 0.25) is 0 Å². The number of nitrogens with one attached hydrogen (secondary N) is 1. The van der Waals surface area contributed by atoms with E-state index in [1.165, 1.54) is 12.8 Å². The number of aromatic nitrogens is 6. The molecule has 0 aromatic carbocycles. The lowest BCUT2D eigenvalue weighted by Crippen LogP contribution is -2.15. The Morgan fingerprint density at radius 1 is 1.29 bits per heavy atom. The van der Waals surface area contributed by atoms with E-state index in [-0.39, 0.29) is 0 Å². The van der Waals surface area contributed by atoms with E-state index in [0.29, 0.717) is 6.54 Å². The fourth-order valence-corrected chi connectivity index (χ4v) is 3.74. The molecule has 8 heteroatoms. The molecule has 21 heavy (non-hydrogen) atoms. The van der Waals surface area contributed by atoms with Gasteiger partial charge in [0.15, 0.2) is 16.6 Å². The molecule has 0 aliphatic carbocycles. The molecule has 0 amide bonds.